The Morgan fingerprint density at radius 1 is 1.11 bits per heavy atom. The Kier molecular flexibility index (Phi) is 12.1. The summed E-state index contributed by atoms with van der Waals surface area (Å²) in [5.41, 5.74) is 3.33. The first-order valence-corrected chi connectivity index (χ1v) is 10.3. The Labute approximate surface area is 171 Å². The fraction of sp³-hybridized carbons (Fsp3) is 0.609. The van der Waals surface area contributed by atoms with E-state index in [0.29, 0.717) is 6.61 Å². The molecule has 5 heteroatoms. The van der Waals surface area contributed by atoms with Crippen molar-refractivity contribution >= 4 is 5.71 Å². The minimum absolute atomic E-state index is 0.598. The van der Waals surface area contributed by atoms with Crippen LogP contribution in [0.2, 0.25) is 0 Å². The van der Waals surface area contributed by atoms with Gasteiger partial charge in [0.25, 0.3) is 0 Å². The van der Waals surface area contributed by atoms with Crippen LogP contribution in [-0.4, -0.2) is 51.1 Å². The number of hydrogen-bond donors (Lipinski definition) is 0. The zero-order valence-corrected chi connectivity index (χ0v) is 18.6. The van der Waals surface area contributed by atoms with E-state index in [1.807, 2.05) is 31.2 Å². The highest BCUT2D eigenvalue weighted by atomic mass is 16.6. The molecule has 0 aliphatic heterocycles. The van der Waals surface area contributed by atoms with Crippen LogP contribution < -0.4 is 9.47 Å². The van der Waals surface area contributed by atoms with E-state index < -0.39 is 0 Å². The number of aryl methyl sites for hydroxylation is 2. The highest BCUT2D eigenvalue weighted by Gasteiger charge is 2.08. The zero-order valence-electron chi connectivity index (χ0n) is 18.6. The molecule has 0 unspecified atom stereocenters. The lowest BCUT2D eigenvalue weighted by Crippen LogP contribution is -2.26. The van der Waals surface area contributed by atoms with E-state index in [-0.39, 0.29) is 0 Å². The maximum absolute atomic E-state index is 6.05. The lowest BCUT2D eigenvalue weighted by Gasteiger charge is -2.17. The topological polar surface area (TPSA) is 43.3 Å². The number of allylic oxidation sites excluding steroid dienone is 1. The highest BCUT2D eigenvalue weighted by molar-refractivity contribution is 5.85. The molecular formula is C23H38N2O3. The first-order valence-electron chi connectivity index (χ1n) is 10.3. The predicted octanol–water partition coefficient (Wildman–Crippen LogP) is 5.15. The maximum Gasteiger partial charge on any atom is 0.125 e. The van der Waals surface area contributed by atoms with Gasteiger partial charge in [0.1, 0.15) is 25.2 Å². The Morgan fingerprint density at radius 3 is 2.43 bits per heavy atom. The second kappa shape index (κ2) is 14.1. The van der Waals surface area contributed by atoms with Crippen molar-refractivity contribution in [1.29, 1.82) is 0 Å². The standard InChI is InChI=1S/C23H38N2O3/c1-7-9-14-27-22-16-19(3)23(20(4)17-22)28-15-12-10-11-13-25(5)18-21(8-2)24-26-6/h7,9,16-17H,8,10-15,18H2,1-6H3/b9-7+,24-21+. The van der Waals surface area contributed by atoms with E-state index in [4.69, 9.17) is 14.3 Å². The van der Waals surface area contributed by atoms with Crippen LogP contribution in [0.1, 0.15) is 50.7 Å². The maximum atomic E-state index is 6.05. The highest BCUT2D eigenvalue weighted by Crippen LogP contribution is 2.28. The molecule has 0 heterocycles. The molecular weight excluding hydrogens is 352 g/mol. The zero-order chi connectivity index (χ0) is 20.8. The molecule has 0 fully saturated rings. The molecule has 0 saturated heterocycles. The lowest BCUT2D eigenvalue weighted by atomic mass is 10.1. The van der Waals surface area contributed by atoms with Crippen molar-refractivity contribution in [3.63, 3.8) is 0 Å². The molecule has 1 aromatic carbocycles. The molecule has 0 amide bonds. The van der Waals surface area contributed by atoms with Crippen molar-refractivity contribution in [1.82, 2.24) is 4.90 Å². The van der Waals surface area contributed by atoms with Crippen LogP contribution in [-0.2, 0) is 4.84 Å². The van der Waals surface area contributed by atoms with Crippen LogP contribution in [0, 0.1) is 13.8 Å². The van der Waals surface area contributed by atoms with Crippen molar-refractivity contribution < 1.29 is 14.3 Å². The Bertz CT molecular complexity index is 603. The normalized spacial score (nSPS) is 12.0. The van der Waals surface area contributed by atoms with E-state index in [9.17, 15) is 0 Å². The molecule has 28 heavy (non-hydrogen) atoms. The smallest absolute Gasteiger partial charge is 0.125 e. The molecule has 0 aliphatic carbocycles. The average Bonchev–Trinajstić information content (AvgIpc) is 2.66. The molecule has 1 rings (SSSR count). The van der Waals surface area contributed by atoms with E-state index in [2.05, 4.69) is 37.9 Å². The largest absolute Gasteiger partial charge is 0.493 e. The van der Waals surface area contributed by atoms with Crippen LogP contribution in [0.15, 0.2) is 29.4 Å². The van der Waals surface area contributed by atoms with Gasteiger partial charge in [-0.3, -0.25) is 0 Å². The fourth-order valence-corrected chi connectivity index (χ4v) is 3.02. The number of nitrogens with zero attached hydrogens (tertiary/aromatic N) is 2. The molecule has 158 valence electrons. The molecule has 5 nitrogen and oxygen atoms in total. The molecule has 1 aromatic rings. The molecule has 0 bridgehead atoms. The van der Waals surface area contributed by atoms with Crippen molar-refractivity contribution in [2.24, 2.45) is 5.16 Å². The predicted molar refractivity (Wildman–Crippen MR) is 118 cm³/mol. The van der Waals surface area contributed by atoms with Crippen molar-refractivity contribution in [2.75, 3.05) is 40.5 Å². The molecule has 0 saturated carbocycles. The third kappa shape index (κ3) is 9.27. The average molecular weight is 391 g/mol. The van der Waals surface area contributed by atoms with Gasteiger partial charge >= 0.3 is 0 Å². The minimum Gasteiger partial charge on any atom is -0.493 e. The van der Waals surface area contributed by atoms with Gasteiger partial charge in [0.05, 0.1) is 12.3 Å². The number of rotatable bonds is 14. The van der Waals surface area contributed by atoms with Gasteiger partial charge < -0.3 is 19.2 Å². The second-order valence-corrected chi connectivity index (χ2v) is 7.11. The van der Waals surface area contributed by atoms with E-state index in [1.165, 1.54) is 0 Å². The summed E-state index contributed by atoms with van der Waals surface area (Å²) < 4.78 is 11.8. The van der Waals surface area contributed by atoms with Gasteiger partial charge in [0.15, 0.2) is 0 Å². The van der Waals surface area contributed by atoms with Gasteiger partial charge in [-0.05, 0) is 83.3 Å². The van der Waals surface area contributed by atoms with Gasteiger partial charge in [-0.1, -0.05) is 24.2 Å². The van der Waals surface area contributed by atoms with E-state index in [1.54, 1.807) is 7.11 Å². The quantitative estimate of drug-likeness (QED) is 0.191. The fourth-order valence-electron chi connectivity index (χ4n) is 3.02. The van der Waals surface area contributed by atoms with Crippen LogP contribution in [0.25, 0.3) is 0 Å². The van der Waals surface area contributed by atoms with Crippen molar-refractivity contribution in [3.8, 4) is 11.5 Å². The van der Waals surface area contributed by atoms with Crippen LogP contribution in [0.3, 0.4) is 0 Å². The molecule has 0 atom stereocenters. The molecule has 0 aliphatic rings. The first-order chi connectivity index (χ1) is 13.5. The summed E-state index contributed by atoms with van der Waals surface area (Å²) in [6.45, 7) is 11.5. The minimum atomic E-state index is 0.598. The number of benzene rings is 1. The van der Waals surface area contributed by atoms with Crippen molar-refractivity contribution in [3.05, 3.63) is 35.4 Å². The molecule has 0 aromatic heterocycles. The Morgan fingerprint density at radius 2 is 1.82 bits per heavy atom. The Hall–Kier alpha value is -2.01. The third-order valence-corrected chi connectivity index (χ3v) is 4.53. The number of oxime groups is 1. The summed E-state index contributed by atoms with van der Waals surface area (Å²) in [4.78, 5) is 7.17. The summed E-state index contributed by atoms with van der Waals surface area (Å²) in [5.74, 6) is 1.88. The SMILES string of the molecule is C/C=C/COc1cc(C)c(OCCCCCN(C)C/C(CC)=N/OC)c(C)c1. The summed E-state index contributed by atoms with van der Waals surface area (Å²) in [7, 11) is 3.73. The monoisotopic (exact) mass is 390 g/mol. The summed E-state index contributed by atoms with van der Waals surface area (Å²) in [6, 6.07) is 4.10. The van der Waals surface area contributed by atoms with Gasteiger partial charge in [0.2, 0.25) is 0 Å². The third-order valence-electron chi connectivity index (χ3n) is 4.53. The summed E-state index contributed by atoms with van der Waals surface area (Å²) in [5, 5.41) is 4.06. The summed E-state index contributed by atoms with van der Waals surface area (Å²) in [6.07, 6.45) is 8.27. The van der Waals surface area contributed by atoms with Gasteiger partial charge in [-0.25, -0.2) is 0 Å². The first kappa shape index (κ1) is 24.0. The van der Waals surface area contributed by atoms with Crippen LogP contribution >= 0.6 is 0 Å². The Balaban J connectivity index is 2.31. The summed E-state index contributed by atoms with van der Waals surface area (Å²) >= 11 is 0. The lowest BCUT2D eigenvalue weighted by molar-refractivity contribution is 0.210. The van der Waals surface area contributed by atoms with Gasteiger partial charge in [-0.15, -0.1) is 0 Å². The van der Waals surface area contributed by atoms with Crippen LogP contribution in [0.4, 0.5) is 0 Å². The van der Waals surface area contributed by atoms with Crippen LogP contribution in [0.5, 0.6) is 11.5 Å². The molecule has 0 N–H and O–H groups in total. The number of hydrogen-bond acceptors (Lipinski definition) is 5. The van der Waals surface area contributed by atoms with E-state index in [0.717, 1.165) is 73.7 Å². The van der Waals surface area contributed by atoms with Crippen molar-refractivity contribution in [2.45, 2.75) is 53.4 Å². The molecule has 0 spiro atoms. The molecule has 0 radical (unpaired) electrons. The second-order valence-electron chi connectivity index (χ2n) is 7.11. The number of unbranched alkanes of at least 4 members (excludes halogenated alkanes) is 2. The van der Waals surface area contributed by atoms with E-state index >= 15 is 0 Å². The number of ether oxygens (including phenoxy) is 2. The van der Waals surface area contributed by atoms with Gasteiger partial charge in [-0.2, -0.15) is 0 Å². The van der Waals surface area contributed by atoms with Gasteiger partial charge in [0, 0.05) is 6.54 Å².